The first-order valence-electron chi connectivity index (χ1n) is 7.93. The second kappa shape index (κ2) is 8.89. The van der Waals surface area contributed by atoms with Gasteiger partial charge in [-0.2, -0.15) is 0 Å². The van der Waals surface area contributed by atoms with Crippen LogP contribution in [-0.2, 0) is 16.0 Å². The van der Waals surface area contributed by atoms with Gasteiger partial charge in [0.2, 0.25) is 5.91 Å². The van der Waals surface area contributed by atoms with E-state index in [1.54, 1.807) is 13.2 Å². The number of benzene rings is 2. The number of methoxy groups -OCH3 is 1. The van der Waals surface area contributed by atoms with Gasteiger partial charge >= 0.3 is 0 Å². The van der Waals surface area contributed by atoms with Crippen molar-refractivity contribution in [3.63, 3.8) is 0 Å². The van der Waals surface area contributed by atoms with Gasteiger partial charge in [-0.15, -0.1) is 0 Å². The quantitative estimate of drug-likeness (QED) is 0.613. The average molecular weight is 325 g/mol. The average Bonchev–Trinajstić information content (AvgIpc) is 2.60. The van der Waals surface area contributed by atoms with E-state index in [0.717, 1.165) is 34.5 Å². The first-order chi connectivity index (χ1) is 11.6. The van der Waals surface area contributed by atoms with Crippen molar-refractivity contribution in [3.8, 4) is 5.75 Å². The van der Waals surface area contributed by atoms with Crippen LogP contribution in [0.4, 0.5) is 5.69 Å². The molecule has 0 saturated heterocycles. The third-order valence-corrected chi connectivity index (χ3v) is 3.64. The Morgan fingerprint density at radius 2 is 1.92 bits per heavy atom. The Kier molecular flexibility index (Phi) is 6.58. The van der Waals surface area contributed by atoms with Gasteiger partial charge in [0.1, 0.15) is 5.75 Å². The van der Waals surface area contributed by atoms with Crippen molar-refractivity contribution >= 4 is 17.7 Å². The summed E-state index contributed by atoms with van der Waals surface area (Å²) in [6, 6.07) is 13.5. The second-order valence-electron chi connectivity index (χ2n) is 5.41. The van der Waals surface area contributed by atoms with Crippen molar-refractivity contribution in [2.75, 3.05) is 19.2 Å². The van der Waals surface area contributed by atoms with Gasteiger partial charge in [0.25, 0.3) is 0 Å². The summed E-state index contributed by atoms with van der Waals surface area (Å²) in [4.78, 5) is 12.2. The Hall–Kier alpha value is -2.59. The molecule has 1 amide bonds. The lowest BCUT2D eigenvalue weighted by molar-refractivity contribution is -0.111. The minimum absolute atomic E-state index is 0.140. The van der Waals surface area contributed by atoms with Crippen molar-refractivity contribution in [1.82, 2.24) is 0 Å². The molecule has 0 aliphatic heterocycles. The lowest BCUT2D eigenvalue weighted by Gasteiger charge is -2.11. The molecule has 4 nitrogen and oxygen atoms in total. The molecule has 0 atom stereocenters. The molecule has 1 N–H and O–H groups in total. The summed E-state index contributed by atoms with van der Waals surface area (Å²) >= 11 is 0. The lowest BCUT2D eigenvalue weighted by Crippen LogP contribution is -2.11. The van der Waals surface area contributed by atoms with Crippen molar-refractivity contribution in [2.45, 2.75) is 20.3 Å². The highest BCUT2D eigenvalue weighted by atomic mass is 16.7. The third kappa shape index (κ3) is 4.96. The molecule has 0 aliphatic carbocycles. The van der Waals surface area contributed by atoms with E-state index in [-0.39, 0.29) is 12.7 Å². The van der Waals surface area contributed by atoms with E-state index in [0.29, 0.717) is 0 Å². The van der Waals surface area contributed by atoms with Crippen LogP contribution in [0.1, 0.15) is 23.6 Å². The first kappa shape index (κ1) is 17.8. The molecule has 0 fully saturated rings. The van der Waals surface area contributed by atoms with E-state index in [1.807, 2.05) is 49.4 Å². The van der Waals surface area contributed by atoms with Crippen molar-refractivity contribution < 1.29 is 14.3 Å². The van der Waals surface area contributed by atoms with Gasteiger partial charge in [-0.1, -0.05) is 37.3 Å². The van der Waals surface area contributed by atoms with Gasteiger partial charge in [-0.25, -0.2) is 0 Å². The minimum Gasteiger partial charge on any atom is -0.468 e. The highest BCUT2D eigenvalue weighted by molar-refractivity contribution is 6.02. The SMILES string of the molecule is CCc1cccc(C)c1NC(=O)/C=C/c1ccc(OCOC)cc1. The second-order valence-corrected chi connectivity index (χ2v) is 5.41. The van der Waals surface area contributed by atoms with Crippen molar-refractivity contribution in [2.24, 2.45) is 0 Å². The van der Waals surface area contributed by atoms with Crippen LogP contribution in [0, 0.1) is 6.92 Å². The van der Waals surface area contributed by atoms with Gasteiger partial charge in [-0.3, -0.25) is 4.79 Å². The highest BCUT2D eigenvalue weighted by Gasteiger charge is 2.06. The number of carbonyl (C=O) groups is 1. The number of ether oxygens (including phenoxy) is 2. The number of amides is 1. The molecule has 0 saturated carbocycles. The smallest absolute Gasteiger partial charge is 0.248 e. The summed E-state index contributed by atoms with van der Waals surface area (Å²) in [7, 11) is 1.58. The third-order valence-electron chi connectivity index (χ3n) is 3.64. The molecular weight excluding hydrogens is 302 g/mol. The molecule has 2 rings (SSSR count). The standard InChI is InChI=1S/C20H23NO3/c1-4-17-7-5-6-15(2)20(17)21-19(22)13-10-16-8-11-18(12-9-16)24-14-23-3/h5-13H,4,14H2,1-3H3,(H,21,22)/b13-10+. The van der Waals surface area contributed by atoms with Crippen LogP contribution < -0.4 is 10.1 Å². The predicted octanol–water partition coefficient (Wildman–Crippen LogP) is 4.19. The highest BCUT2D eigenvalue weighted by Crippen LogP contribution is 2.21. The number of nitrogens with one attached hydrogen (secondary N) is 1. The lowest BCUT2D eigenvalue weighted by atomic mass is 10.1. The predicted molar refractivity (Wildman–Crippen MR) is 97.2 cm³/mol. The Morgan fingerprint density at radius 3 is 2.58 bits per heavy atom. The fourth-order valence-corrected chi connectivity index (χ4v) is 2.34. The topological polar surface area (TPSA) is 47.6 Å². The van der Waals surface area contributed by atoms with E-state index in [1.165, 1.54) is 6.08 Å². The maximum absolute atomic E-state index is 12.2. The van der Waals surface area contributed by atoms with E-state index < -0.39 is 0 Å². The van der Waals surface area contributed by atoms with Gasteiger partial charge in [0, 0.05) is 18.9 Å². The maximum atomic E-state index is 12.2. The number of carbonyl (C=O) groups excluding carboxylic acids is 1. The summed E-state index contributed by atoms with van der Waals surface area (Å²) in [5.41, 5.74) is 4.03. The number of rotatable bonds is 7. The molecular formula is C20H23NO3. The number of hydrogen-bond donors (Lipinski definition) is 1. The summed E-state index contributed by atoms with van der Waals surface area (Å²) in [5.74, 6) is 0.588. The van der Waals surface area contributed by atoms with Crippen molar-refractivity contribution in [3.05, 3.63) is 65.2 Å². The minimum atomic E-state index is -0.140. The molecule has 2 aromatic carbocycles. The number of para-hydroxylation sites is 1. The van der Waals surface area contributed by atoms with Crippen LogP contribution in [0.15, 0.2) is 48.5 Å². The molecule has 24 heavy (non-hydrogen) atoms. The molecule has 126 valence electrons. The number of aryl methyl sites for hydroxylation is 2. The Bertz CT molecular complexity index is 705. The molecule has 0 radical (unpaired) electrons. The summed E-state index contributed by atoms with van der Waals surface area (Å²) in [5, 5.41) is 2.97. The van der Waals surface area contributed by atoms with Crippen molar-refractivity contribution in [1.29, 1.82) is 0 Å². The summed E-state index contributed by atoms with van der Waals surface area (Å²) in [6.07, 6.45) is 4.19. The monoisotopic (exact) mass is 325 g/mol. The maximum Gasteiger partial charge on any atom is 0.248 e. The largest absolute Gasteiger partial charge is 0.468 e. The van der Waals surface area contributed by atoms with Gasteiger partial charge in [0.05, 0.1) is 0 Å². The Morgan fingerprint density at radius 1 is 1.17 bits per heavy atom. The van der Waals surface area contributed by atoms with Crippen LogP contribution in [0.2, 0.25) is 0 Å². The zero-order valence-electron chi connectivity index (χ0n) is 14.3. The fourth-order valence-electron chi connectivity index (χ4n) is 2.34. The molecule has 0 spiro atoms. The van der Waals surface area contributed by atoms with Crippen LogP contribution in [0.5, 0.6) is 5.75 Å². The molecule has 0 aromatic heterocycles. The zero-order chi connectivity index (χ0) is 17.4. The molecule has 4 heteroatoms. The molecule has 0 heterocycles. The van der Waals surface area contributed by atoms with Crippen LogP contribution in [0.3, 0.4) is 0 Å². The first-order valence-corrected chi connectivity index (χ1v) is 7.93. The van der Waals surface area contributed by atoms with E-state index in [9.17, 15) is 4.79 Å². The molecule has 0 unspecified atom stereocenters. The van der Waals surface area contributed by atoms with Crippen LogP contribution in [-0.4, -0.2) is 19.8 Å². The summed E-state index contributed by atoms with van der Waals surface area (Å²) in [6.45, 7) is 4.29. The zero-order valence-corrected chi connectivity index (χ0v) is 14.3. The molecule has 0 aliphatic rings. The van der Waals surface area contributed by atoms with Gasteiger partial charge in [0.15, 0.2) is 6.79 Å². The molecule has 0 bridgehead atoms. The van der Waals surface area contributed by atoms with E-state index >= 15 is 0 Å². The summed E-state index contributed by atoms with van der Waals surface area (Å²) < 4.78 is 10.2. The Balaban J connectivity index is 2.00. The van der Waals surface area contributed by atoms with Crippen LogP contribution in [0.25, 0.3) is 6.08 Å². The molecule has 2 aromatic rings. The van der Waals surface area contributed by atoms with Crippen LogP contribution >= 0.6 is 0 Å². The number of hydrogen-bond acceptors (Lipinski definition) is 3. The normalized spacial score (nSPS) is 10.8. The fraction of sp³-hybridized carbons (Fsp3) is 0.250. The Labute approximate surface area is 143 Å². The number of anilines is 1. The van der Waals surface area contributed by atoms with Gasteiger partial charge in [-0.05, 0) is 48.2 Å². The van der Waals surface area contributed by atoms with Gasteiger partial charge < -0.3 is 14.8 Å². The van der Waals surface area contributed by atoms with E-state index in [4.69, 9.17) is 9.47 Å². The van der Waals surface area contributed by atoms with E-state index in [2.05, 4.69) is 12.2 Å².